The number of aromatic nitrogens is 1. The maximum atomic E-state index is 11.1. The molecule has 0 spiro atoms. The molecule has 0 unspecified atom stereocenters. The van der Waals surface area contributed by atoms with E-state index in [2.05, 4.69) is 4.98 Å². The Bertz CT molecular complexity index is 917. The lowest BCUT2D eigenvalue weighted by atomic mass is 9.87. The van der Waals surface area contributed by atoms with E-state index in [0.717, 1.165) is 18.4 Å². The van der Waals surface area contributed by atoms with Crippen molar-refractivity contribution in [3.05, 3.63) is 39.8 Å². The Balaban J connectivity index is 1.37. The first-order valence-corrected chi connectivity index (χ1v) is 11.2. The number of methoxy groups -OCH3 is 2. The second-order valence-corrected chi connectivity index (χ2v) is 8.85. The number of benzene rings is 1. The number of carboxylic acids is 1. The summed E-state index contributed by atoms with van der Waals surface area (Å²) in [6.45, 7) is 0.851. The quantitative estimate of drug-likeness (QED) is 0.632. The predicted molar refractivity (Wildman–Crippen MR) is 113 cm³/mol. The van der Waals surface area contributed by atoms with Crippen LogP contribution in [0.3, 0.4) is 0 Å². The predicted octanol–water partition coefficient (Wildman–Crippen LogP) is 3.29. The number of aliphatic hydroxyl groups is 1. The number of aliphatic hydroxyl groups excluding tert-OH is 1. The van der Waals surface area contributed by atoms with Crippen molar-refractivity contribution in [1.82, 2.24) is 4.98 Å². The van der Waals surface area contributed by atoms with Crippen LogP contribution in [0.15, 0.2) is 23.6 Å². The van der Waals surface area contributed by atoms with Crippen LogP contribution in [0.1, 0.15) is 46.4 Å². The number of carbonyl (C=O) groups is 1. The van der Waals surface area contributed by atoms with E-state index >= 15 is 0 Å². The number of hydrogen-bond acceptors (Lipinski definition) is 8. The van der Waals surface area contributed by atoms with Crippen LogP contribution >= 0.6 is 11.3 Å². The van der Waals surface area contributed by atoms with Crippen molar-refractivity contribution in [3.63, 3.8) is 0 Å². The molecule has 9 heteroatoms. The fourth-order valence-corrected chi connectivity index (χ4v) is 5.42. The number of aromatic carboxylic acids is 1. The van der Waals surface area contributed by atoms with E-state index in [1.807, 2.05) is 18.2 Å². The average molecular weight is 450 g/mol. The molecule has 8 nitrogen and oxygen atoms in total. The minimum Gasteiger partial charge on any atom is -0.496 e. The number of ether oxygens (including phenoxy) is 4. The van der Waals surface area contributed by atoms with Crippen molar-refractivity contribution in [2.45, 2.75) is 44.2 Å². The van der Waals surface area contributed by atoms with E-state index in [1.54, 1.807) is 19.6 Å². The third-order valence-corrected chi connectivity index (χ3v) is 7.05. The Morgan fingerprint density at radius 1 is 1.32 bits per heavy atom. The third kappa shape index (κ3) is 4.69. The lowest BCUT2D eigenvalue weighted by molar-refractivity contribution is -0.0812. The summed E-state index contributed by atoms with van der Waals surface area (Å²) in [6, 6.07) is 5.63. The van der Waals surface area contributed by atoms with Crippen molar-refractivity contribution in [2.75, 3.05) is 20.8 Å². The van der Waals surface area contributed by atoms with Crippen LogP contribution in [0, 0.1) is 11.8 Å². The van der Waals surface area contributed by atoms with Gasteiger partial charge in [-0.25, -0.2) is 9.78 Å². The van der Waals surface area contributed by atoms with Gasteiger partial charge in [0.25, 0.3) is 0 Å². The highest BCUT2D eigenvalue weighted by Crippen LogP contribution is 2.46. The summed E-state index contributed by atoms with van der Waals surface area (Å²) in [6.07, 6.45) is 1.36. The van der Waals surface area contributed by atoms with Crippen LogP contribution in [0.25, 0.3) is 0 Å². The van der Waals surface area contributed by atoms with Crippen molar-refractivity contribution < 1.29 is 34.0 Å². The van der Waals surface area contributed by atoms with Gasteiger partial charge in [0.1, 0.15) is 22.6 Å². The Labute approximate surface area is 184 Å². The highest BCUT2D eigenvalue weighted by atomic mass is 32.1. The summed E-state index contributed by atoms with van der Waals surface area (Å²) in [5.74, 6) is 0.529. The molecule has 5 atom stereocenters. The Morgan fingerprint density at radius 3 is 2.87 bits per heavy atom. The first kappa shape index (κ1) is 22.0. The number of thiazole rings is 1. The summed E-state index contributed by atoms with van der Waals surface area (Å²) < 4.78 is 22.8. The van der Waals surface area contributed by atoms with Crippen molar-refractivity contribution >= 4 is 17.3 Å². The van der Waals surface area contributed by atoms with Gasteiger partial charge in [-0.15, -0.1) is 11.3 Å². The molecule has 1 aliphatic carbocycles. The van der Waals surface area contributed by atoms with E-state index in [1.165, 1.54) is 11.3 Å². The second-order valence-electron chi connectivity index (χ2n) is 7.97. The summed E-state index contributed by atoms with van der Waals surface area (Å²) in [4.78, 5) is 15.3. The van der Waals surface area contributed by atoms with E-state index in [0.29, 0.717) is 36.1 Å². The zero-order valence-corrected chi connectivity index (χ0v) is 18.3. The Morgan fingerprint density at radius 2 is 2.16 bits per heavy atom. The van der Waals surface area contributed by atoms with Gasteiger partial charge in [-0.3, -0.25) is 0 Å². The number of carboxylic acid groups (broad SMARTS) is 1. The molecule has 0 radical (unpaired) electrons. The van der Waals surface area contributed by atoms with Gasteiger partial charge in [-0.1, -0.05) is 0 Å². The van der Waals surface area contributed by atoms with Crippen molar-refractivity contribution in [2.24, 2.45) is 11.8 Å². The van der Waals surface area contributed by atoms with Crippen LogP contribution in [-0.4, -0.2) is 54.2 Å². The average Bonchev–Trinajstić information content (AvgIpc) is 3.37. The Kier molecular flexibility index (Phi) is 6.76. The number of hydrogen-bond donors (Lipinski definition) is 2. The first-order chi connectivity index (χ1) is 15.0. The zero-order chi connectivity index (χ0) is 22.0. The standard InChI is InChI=1S/C22H27NO7S/c1-27-9-12-3-4-13(7-19(12)28-2)29-10-15-14-5-6-18(30-20(14)8-17(15)24)21-23-16(11-31-21)22(25)26/h3-4,7,11,14-15,17-18,20,24H,5-6,8-10H2,1-2H3,(H,25,26)/t14-,15-,17+,18-,20+/m1/s1. The van der Waals surface area contributed by atoms with E-state index in [9.17, 15) is 9.90 Å². The smallest absolute Gasteiger partial charge is 0.355 e. The lowest BCUT2D eigenvalue weighted by Crippen LogP contribution is -2.33. The molecular weight excluding hydrogens is 422 g/mol. The van der Waals surface area contributed by atoms with Crippen LogP contribution < -0.4 is 9.47 Å². The summed E-state index contributed by atoms with van der Waals surface area (Å²) >= 11 is 1.31. The van der Waals surface area contributed by atoms with E-state index < -0.39 is 12.1 Å². The molecule has 1 saturated carbocycles. The topological polar surface area (TPSA) is 107 Å². The fraction of sp³-hybridized carbons (Fsp3) is 0.545. The molecule has 168 valence electrons. The third-order valence-electron chi connectivity index (χ3n) is 6.11. The zero-order valence-electron chi connectivity index (χ0n) is 17.5. The maximum Gasteiger partial charge on any atom is 0.355 e. The molecule has 4 rings (SSSR count). The highest BCUT2D eigenvalue weighted by Gasteiger charge is 2.47. The SMILES string of the molecule is COCc1ccc(OC[C@@H]2[C@H]3CC[C@H](c4nc(C(=O)O)cs4)O[C@H]3C[C@@H]2O)cc1OC. The largest absolute Gasteiger partial charge is 0.496 e. The van der Waals surface area contributed by atoms with Crippen LogP contribution in [0.5, 0.6) is 11.5 Å². The van der Waals surface area contributed by atoms with Gasteiger partial charge >= 0.3 is 5.97 Å². The second kappa shape index (κ2) is 9.52. The summed E-state index contributed by atoms with van der Waals surface area (Å²) in [5.41, 5.74) is 0.994. The summed E-state index contributed by atoms with van der Waals surface area (Å²) in [5, 5.41) is 22.0. The molecule has 2 heterocycles. The molecule has 1 aliphatic heterocycles. The van der Waals surface area contributed by atoms with Gasteiger partial charge < -0.3 is 29.2 Å². The Hall–Kier alpha value is -2.20. The van der Waals surface area contributed by atoms with Crippen molar-refractivity contribution in [1.29, 1.82) is 0 Å². The monoisotopic (exact) mass is 449 g/mol. The van der Waals surface area contributed by atoms with Gasteiger partial charge in [-0.2, -0.15) is 0 Å². The highest BCUT2D eigenvalue weighted by molar-refractivity contribution is 7.09. The van der Waals surface area contributed by atoms with Crippen LogP contribution in [0.4, 0.5) is 0 Å². The fourth-order valence-electron chi connectivity index (χ4n) is 4.56. The van der Waals surface area contributed by atoms with Crippen LogP contribution in [0.2, 0.25) is 0 Å². The molecule has 31 heavy (non-hydrogen) atoms. The minimum atomic E-state index is -1.03. The molecule has 2 N–H and O–H groups in total. The lowest BCUT2D eigenvalue weighted by Gasteiger charge is -2.33. The van der Waals surface area contributed by atoms with E-state index in [-0.39, 0.29) is 29.7 Å². The molecule has 2 fully saturated rings. The van der Waals surface area contributed by atoms with Gasteiger partial charge in [0.05, 0.1) is 32.5 Å². The van der Waals surface area contributed by atoms with Gasteiger partial charge in [0.15, 0.2) is 5.69 Å². The van der Waals surface area contributed by atoms with E-state index in [4.69, 9.17) is 24.1 Å². The molecule has 1 aromatic heterocycles. The molecule has 2 aliphatic rings. The molecule has 0 bridgehead atoms. The maximum absolute atomic E-state index is 11.1. The number of fused-ring (bicyclic) bond motifs is 1. The van der Waals surface area contributed by atoms with Gasteiger partial charge in [0.2, 0.25) is 0 Å². The molecule has 2 aromatic rings. The van der Waals surface area contributed by atoms with Gasteiger partial charge in [0, 0.05) is 36.5 Å². The van der Waals surface area contributed by atoms with Gasteiger partial charge in [-0.05, 0) is 30.9 Å². The first-order valence-electron chi connectivity index (χ1n) is 10.3. The minimum absolute atomic E-state index is 0.0264. The van der Waals surface area contributed by atoms with Crippen molar-refractivity contribution in [3.8, 4) is 11.5 Å². The molecule has 1 saturated heterocycles. The summed E-state index contributed by atoms with van der Waals surface area (Å²) in [7, 11) is 3.25. The number of rotatable bonds is 8. The molecule has 0 amide bonds. The molecular formula is C22H27NO7S. The normalized spacial score (nSPS) is 27.6. The van der Waals surface area contributed by atoms with Crippen LogP contribution in [-0.2, 0) is 16.1 Å². The number of nitrogens with zero attached hydrogens (tertiary/aromatic N) is 1. The molecule has 1 aromatic carbocycles.